The number of nitrogens with one attached hydrogen (secondary N) is 1. The minimum atomic E-state index is 0.477. The van der Waals surface area contributed by atoms with Crippen LogP contribution in [0.1, 0.15) is 65.0 Å². The zero-order valence-corrected chi connectivity index (χ0v) is 14.2. The average molecular weight is 288 g/mol. The maximum Gasteiger partial charge on any atom is 0.0417 e. The second-order valence-corrected chi connectivity index (χ2v) is 6.53. The Bertz CT molecular complexity index is 429. The molecule has 0 amide bonds. The van der Waals surface area contributed by atoms with Gasteiger partial charge in [-0.3, -0.25) is 0 Å². The Kier molecular flexibility index (Phi) is 6.10. The summed E-state index contributed by atoms with van der Waals surface area (Å²) in [6.07, 6.45) is 5.02. The Balaban J connectivity index is 2.26. The van der Waals surface area contributed by atoms with Crippen LogP contribution in [0.25, 0.3) is 0 Å². The Labute approximate surface area is 130 Å². The molecule has 118 valence electrons. The minimum absolute atomic E-state index is 0.477. The van der Waals surface area contributed by atoms with E-state index in [-0.39, 0.29) is 0 Å². The summed E-state index contributed by atoms with van der Waals surface area (Å²) in [5, 5.41) is 3.71. The van der Waals surface area contributed by atoms with Gasteiger partial charge in [0.05, 0.1) is 0 Å². The van der Waals surface area contributed by atoms with Gasteiger partial charge in [0.2, 0.25) is 0 Å². The smallest absolute Gasteiger partial charge is 0.0417 e. The maximum atomic E-state index is 3.71. The number of hydrogen-bond donors (Lipinski definition) is 1. The molecule has 1 aromatic carbocycles. The number of para-hydroxylation sites is 1. The molecule has 2 nitrogen and oxygen atoms in total. The van der Waals surface area contributed by atoms with Gasteiger partial charge in [0.15, 0.2) is 0 Å². The molecule has 0 aliphatic carbocycles. The summed E-state index contributed by atoms with van der Waals surface area (Å²) in [4.78, 5) is 2.64. The molecule has 21 heavy (non-hydrogen) atoms. The largest absolute Gasteiger partial charge is 0.368 e. The second kappa shape index (κ2) is 7.84. The van der Waals surface area contributed by atoms with Gasteiger partial charge in [0.25, 0.3) is 0 Å². The first kappa shape index (κ1) is 16.4. The number of piperidine rings is 1. The van der Waals surface area contributed by atoms with Crippen LogP contribution in [0.15, 0.2) is 24.3 Å². The van der Waals surface area contributed by atoms with E-state index in [1.807, 2.05) is 0 Å². The van der Waals surface area contributed by atoms with E-state index in [4.69, 9.17) is 0 Å². The molecule has 1 aliphatic heterocycles. The Morgan fingerprint density at radius 1 is 1.24 bits per heavy atom. The van der Waals surface area contributed by atoms with E-state index in [2.05, 4.69) is 62.2 Å². The van der Waals surface area contributed by atoms with Crippen LogP contribution in [-0.2, 0) is 0 Å². The van der Waals surface area contributed by atoms with Crippen LogP contribution in [0.5, 0.6) is 0 Å². The van der Waals surface area contributed by atoms with Crippen molar-refractivity contribution in [3.05, 3.63) is 29.8 Å². The highest BCUT2D eigenvalue weighted by Gasteiger charge is 2.27. The molecule has 2 rings (SSSR count). The molecule has 1 saturated heterocycles. The van der Waals surface area contributed by atoms with Crippen molar-refractivity contribution in [2.45, 2.75) is 65.5 Å². The van der Waals surface area contributed by atoms with Gasteiger partial charge >= 0.3 is 0 Å². The fourth-order valence-corrected chi connectivity index (χ4v) is 3.51. The van der Waals surface area contributed by atoms with Crippen LogP contribution in [0.2, 0.25) is 0 Å². The topological polar surface area (TPSA) is 15.3 Å². The summed E-state index contributed by atoms with van der Waals surface area (Å²) < 4.78 is 0. The van der Waals surface area contributed by atoms with Gasteiger partial charge in [0.1, 0.15) is 0 Å². The lowest BCUT2D eigenvalue weighted by Gasteiger charge is -2.41. The van der Waals surface area contributed by atoms with Crippen LogP contribution in [0, 0.1) is 5.92 Å². The van der Waals surface area contributed by atoms with Crippen LogP contribution in [0.3, 0.4) is 0 Å². The van der Waals surface area contributed by atoms with Crippen molar-refractivity contribution >= 4 is 5.69 Å². The van der Waals surface area contributed by atoms with Gasteiger partial charge in [0, 0.05) is 24.3 Å². The number of benzene rings is 1. The van der Waals surface area contributed by atoms with Crippen molar-refractivity contribution in [2.75, 3.05) is 18.0 Å². The summed E-state index contributed by atoms with van der Waals surface area (Å²) in [7, 11) is 0. The third-order valence-corrected chi connectivity index (χ3v) is 5.04. The quantitative estimate of drug-likeness (QED) is 0.811. The van der Waals surface area contributed by atoms with Crippen molar-refractivity contribution in [3.63, 3.8) is 0 Å². The molecular weight excluding hydrogens is 256 g/mol. The predicted molar refractivity (Wildman–Crippen MR) is 93.0 cm³/mol. The van der Waals surface area contributed by atoms with Crippen molar-refractivity contribution < 1.29 is 0 Å². The summed E-state index contributed by atoms with van der Waals surface area (Å²) in [6, 6.07) is 10.1. The summed E-state index contributed by atoms with van der Waals surface area (Å²) in [6.45, 7) is 11.6. The van der Waals surface area contributed by atoms with Crippen molar-refractivity contribution in [3.8, 4) is 0 Å². The molecule has 1 fully saturated rings. The van der Waals surface area contributed by atoms with Crippen molar-refractivity contribution in [2.24, 2.45) is 5.92 Å². The lowest BCUT2D eigenvalue weighted by Crippen LogP contribution is -2.43. The fraction of sp³-hybridized carbons (Fsp3) is 0.684. The molecule has 1 heterocycles. The van der Waals surface area contributed by atoms with Crippen molar-refractivity contribution in [1.82, 2.24) is 5.32 Å². The SMILES string of the molecule is CCCNC(CC)c1ccccc1N1CCCC(C)C1C. The Hall–Kier alpha value is -1.02. The molecule has 1 N–H and O–H groups in total. The molecule has 0 radical (unpaired) electrons. The second-order valence-electron chi connectivity index (χ2n) is 6.53. The molecule has 2 heteroatoms. The number of nitrogens with zero attached hydrogens (tertiary/aromatic N) is 1. The van der Waals surface area contributed by atoms with Crippen LogP contribution in [0.4, 0.5) is 5.69 Å². The van der Waals surface area contributed by atoms with Gasteiger partial charge in [-0.15, -0.1) is 0 Å². The summed E-state index contributed by atoms with van der Waals surface area (Å²) in [5.41, 5.74) is 2.93. The van der Waals surface area contributed by atoms with E-state index in [1.54, 1.807) is 0 Å². The van der Waals surface area contributed by atoms with E-state index in [1.165, 1.54) is 37.1 Å². The molecule has 0 spiro atoms. The first-order chi connectivity index (χ1) is 10.2. The Morgan fingerprint density at radius 2 is 2.00 bits per heavy atom. The molecule has 1 aromatic rings. The van der Waals surface area contributed by atoms with Gasteiger partial charge in [-0.2, -0.15) is 0 Å². The van der Waals surface area contributed by atoms with E-state index >= 15 is 0 Å². The van der Waals surface area contributed by atoms with E-state index in [0.717, 1.165) is 18.9 Å². The third-order valence-electron chi connectivity index (χ3n) is 5.04. The van der Waals surface area contributed by atoms with E-state index in [9.17, 15) is 0 Å². The zero-order valence-electron chi connectivity index (χ0n) is 14.2. The number of rotatable bonds is 6. The third kappa shape index (κ3) is 3.79. The van der Waals surface area contributed by atoms with Gasteiger partial charge in [-0.05, 0) is 56.7 Å². The normalized spacial score (nSPS) is 24.1. The number of hydrogen-bond acceptors (Lipinski definition) is 2. The molecule has 0 saturated carbocycles. The van der Waals surface area contributed by atoms with Gasteiger partial charge in [-0.25, -0.2) is 0 Å². The van der Waals surface area contributed by atoms with Crippen LogP contribution < -0.4 is 10.2 Å². The lowest BCUT2D eigenvalue weighted by molar-refractivity contribution is 0.362. The highest BCUT2D eigenvalue weighted by Crippen LogP contribution is 2.34. The molecule has 0 bridgehead atoms. The van der Waals surface area contributed by atoms with Crippen LogP contribution >= 0.6 is 0 Å². The summed E-state index contributed by atoms with van der Waals surface area (Å²) in [5.74, 6) is 0.787. The monoisotopic (exact) mass is 288 g/mol. The fourth-order valence-electron chi connectivity index (χ4n) is 3.51. The Morgan fingerprint density at radius 3 is 2.71 bits per heavy atom. The molecule has 3 unspecified atom stereocenters. The van der Waals surface area contributed by atoms with Gasteiger partial charge < -0.3 is 10.2 Å². The highest BCUT2D eigenvalue weighted by atomic mass is 15.2. The van der Waals surface area contributed by atoms with E-state index < -0.39 is 0 Å². The molecule has 3 atom stereocenters. The number of anilines is 1. The first-order valence-corrected chi connectivity index (χ1v) is 8.78. The van der Waals surface area contributed by atoms with Crippen LogP contribution in [-0.4, -0.2) is 19.1 Å². The zero-order chi connectivity index (χ0) is 15.2. The lowest BCUT2D eigenvalue weighted by atomic mass is 9.90. The highest BCUT2D eigenvalue weighted by molar-refractivity contribution is 5.56. The molecule has 1 aliphatic rings. The maximum absolute atomic E-state index is 3.71. The van der Waals surface area contributed by atoms with E-state index in [0.29, 0.717) is 12.1 Å². The predicted octanol–water partition coefficient (Wildman–Crippen LogP) is 4.76. The van der Waals surface area contributed by atoms with Crippen molar-refractivity contribution in [1.29, 1.82) is 0 Å². The summed E-state index contributed by atoms with van der Waals surface area (Å²) >= 11 is 0. The first-order valence-electron chi connectivity index (χ1n) is 8.78. The van der Waals surface area contributed by atoms with Gasteiger partial charge in [-0.1, -0.05) is 39.0 Å². The molecular formula is C19H32N2. The molecule has 0 aromatic heterocycles. The average Bonchev–Trinajstić information content (AvgIpc) is 2.51. The minimum Gasteiger partial charge on any atom is -0.368 e. The standard InChI is InChI=1S/C19H32N2/c1-5-13-20-18(6-2)17-11-7-8-12-19(17)21-14-9-10-15(3)16(21)4/h7-8,11-12,15-16,18,20H,5-6,9-10,13-14H2,1-4H3.